The van der Waals surface area contributed by atoms with Gasteiger partial charge in [0.15, 0.2) is 0 Å². The fraction of sp³-hybridized carbons (Fsp3) is 0.500. The Balaban J connectivity index is 2.88. The zero-order valence-corrected chi connectivity index (χ0v) is 7.78. The maximum absolute atomic E-state index is 9.34. The van der Waals surface area contributed by atoms with E-state index in [0.29, 0.717) is 0 Å². The van der Waals surface area contributed by atoms with Gasteiger partial charge in [-0.3, -0.25) is 4.98 Å². The Morgan fingerprint density at radius 2 is 2.00 bits per heavy atom. The summed E-state index contributed by atoms with van der Waals surface area (Å²) in [7, 11) is 0. The van der Waals surface area contributed by atoms with Crippen LogP contribution < -0.4 is 0 Å². The fourth-order valence-electron chi connectivity index (χ4n) is 1.11. The minimum absolute atomic E-state index is 0.164. The van der Waals surface area contributed by atoms with Gasteiger partial charge < -0.3 is 5.11 Å². The van der Waals surface area contributed by atoms with Crippen molar-refractivity contribution in [1.82, 2.24) is 4.98 Å². The Bertz CT molecular complexity index is 258. The summed E-state index contributed by atoms with van der Waals surface area (Å²) in [6, 6.07) is 2.06. The molecule has 0 aliphatic carbocycles. The van der Waals surface area contributed by atoms with E-state index in [1.807, 2.05) is 26.2 Å². The molecular formula is C10H15NO. The molecule has 0 aromatic carbocycles. The van der Waals surface area contributed by atoms with Crippen molar-refractivity contribution in [1.29, 1.82) is 0 Å². The largest absolute Gasteiger partial charge is 0.393 e. The van der Waals surface area contributed by atoms with E-state index >= 15 is 0 Å². The second-order valence-electron chi connectivity index (χ2n) is 3.32. The first-order valence-electron chi connectivity index (χ1n) is 4.21. The van der Waals surface area contributed by atoms with Crippen LogP contribution in [0.2, 0.25) is 0 Å². The second-order valence-corrected chi connectivity index (χ2v) is 3.32. The summed E-state index contributed by atoms with van der Waals surface area (Å²) in [5.74, 6) is 0.164. The molecule has 0 bridgehead atoms. The number of nitrogens with zero attached hydrogens (tertiary/aromatic N) is 1. The summed E-state index contributed by atoms with van der Waals surface area (Å²) in [5.41, 5.74) is 2.24. The number of pyridine rings is 1. The van der Waals surface area contributed by atoms with Crippen LogP contribution in [0.3, 0.4) is 0 Å². The fourth-order valence-corrected chi connectivity index (χ4v) is 1.11. The highest BCUT2D eigenvalue weighted by Crippen LogP contribution is 2.18. The Labute approximate surface area is 73.3 Å². The molecule has 2 atom stereocenters. The average molecular weight is 165 g/mol. The molecule has 1 heterocycles. The van der Waals surface area contributed by atoms with E-state index in [1.54, 1.807) is 6.92 Å². The lowest BCUT2D eigenvalue weighted by atomic mass is 9.97. The van der Waals surface area contributed by atoms with Gasteiger partial charge in [0.05, 0.1) is 6.10 Å². The van der Waals surface area contributed by atoms with Crippen LogP contribution in [0.25, 0.3) is 0 Å². The average Bonchev–Trinajstić information content (AvgIpc) is 2.03. The molecule has 2 heteroatoms. The summed E-state index contributed by atoms with van der Waals surface area (Å²) in [6.07, 6.45) is 3.32. The van der Waals surface area contributed by atoms with E-state index in [9.17, 15) is 5.11 Å². The summed E-state index contributed by atoms with van der Waals surface area (Å²) in [5, 5.41) is 9.34. The van der Waals surface area contributed by atoms with E-state index in [2.05, 4.69) is 11.1 Å². The number of aliphatic hydroxyl groups is 1. The smallest absolute Gasteiger partial charge is 0.0578 e. The van der Waals surface area contributed by atoms with Crippen molar-refractivity contribution in [3.8, 4) is 0 Å². The number of hydrogen-bond acceptors (Lipinski definition) is 2. The van der Waals surface area contributed by atoms with Gasteiger partial charge in [-0.25, -0.2) is 0 Å². The molecule has 0 radical (unpaired) electrons. The number of hydrogen-bond donors (Lipinski definition) is 1. The maximum atomic E-state index is 9.34. The van der Waals surface area contributed by atoms with Gasteiger partial charge >= 0.3 is 0 Å². The van der Waals surface area contributed by atoms with Crippen molar-refractivity contribution >= 4 is 0 Å². The highest BCUT2D eigenvalue weighted by molar-refractivity contribution is 5.20. The molecule has 1 aromatic heterocycles. The van der Waals surface area contributed by atoms with Crippen LogP contribution in [0, 0.1) is 6.92 Å². The Morgan fingerprint density at radius 1 is 1.33 bits per heavy atom. The summed E-state index contributed by atoms with van der Waals surface area (Å²) >= 11 is 0. The summed E-state index contributed by atoms with van der Waals surface area (Å²) in [4.78, 5) is 4.08. The maximum Gasteiger partial charge on any atom is 0.0578 e. The molecule has 0 aliphatic heterocycles. The van der Waals surface area contributed by atoms with Gasteiger partial charge in [-0.15, -0.1) is 0 Å². The number of aromatic nitrogens is 1. The highest BCUT2D eigenvalue weighted by Gasteiger charge is 2.11. The van der Waals surface area contributed by atoms with Crippen LogP contribution in [-0.4, -0.2) is 16.2 Å². The van der Waals surface area contributed by atoms with Crippen molar-refractivity contribution in [3.05, 3.63) is 29.6 Å². The van der Waals surface area contributed by atoms with E-state index < -0.39 is 0 Å². The van der Waals surface area contributed by atoms with Gasteiger partial charge in [-0.05, 0) is 25.0 Å². The zero-order chi connectivity index (χ0) is 9.14. The molecule has 1 rings (SSSR count). The molecule has 1 aromatic rings. The van der Waals surface area contributed by atoms with Crippen LogP contribution in [0.15, 0.2) is 18.5 Å². The SMILES string of the molecule is Cc1cncc(C(C)C(C)O)c1. The Kier molecular flexibility index (Phi) is 2.82. The third-order valence-electron chi connectivity index (χ3n) is 2.15. The predicted molar refractivity (Wildman–Crippen MR) is 49.1 cm³/mol. The number of aliphatic hydroxyl groups excluding tert-OH is 1. The molecule has 2 unspecified atom stereocenters. The molecule has 12 heavy (non-hydrogen) atoms. The first-order valence-corrected chi connectivity index (χ1v) is 4.21. The highest BCUT2D eigenvalue weighted by atomic mass is 16.3. The monoisotopic (exact) mass is 165 g/mol. The first kappa shape index (κ1) is 9.20. The van der Waals surface area contributed by atoms with Gasteiger partial charge in [-0.1, -0.05) is 13.0 Å². The third-order valence-corrected chi connectivity index (χ3v) is 2.15. The molecule has 0 saturated heterocycles. The van der Waals surface area contributed by atoms with Crippen LogP contribution in [0.5, 0.6) is 0 Å². The molecule has 66 valence electrons. The van der Waals surface area contributed by atoms with Crippen molar-refractivity contribution in [2.75, 3.05) is 0 Å². The molecule has 0 fully saturated rings. The topological polar surface area (TPSA) is 33.1 Å². The van der Waals surface area contributed by atoms with Gasteiger partial charge in [0.25, 0.3) is 0 Å². The minimum atomic E-state index is -0.311. The van der Waals surface area contributed by atoms with Crippen LogP contribution >= 0.6 is 0 Å². The molecule has 2 nitrogen and oxygen atoms in total. The number of rotatable bonds is 2. The molecule has 0 aliphatic rings. The van der Waals surface area contributed by atoms with Crippen molar-refractivity contribution in [2.45, 2.75) is 32.8 Å². The van der Waals surface area contributed by atoms with Gasteiger partial charge in [-0.2, -0.15) is 0 Å². The van der Waals surface area contributed by atoms with Crippen molar-refractivity contribution in [3.63, 3.8) is 0 Å². The summed E-state index contributed by atoms with van der Waals surface area (Å²) < 4.78 is 0. The molecular weight excluding hydrogens is 150 g/mol. The Morgan fingerprint density at radius 3 is 2.50 bits per heavy atom. The lowest BCUT2D eigenvalue weighted by molar-refractivity contribution is 0.169. The van der Waals surface area contributed by atoms with Gasteiger partial charge in [0.1, 0.15) is 0 Å². The van der Waals surface area contributed by atoms with Crippen molar-refractivity contribution < 1.29 is 5.11 Å². The van der Waals surface area contributed by atoms with Crippen LogP contribution in [0.4, 0.5) is 0 Å². The quantitative estimate of drug-likeness (QED) is 0.725. The van der Waals surface area contributed by atoms with Crippen molar-refractivity contribution in [2.24, 2.45) is 0 Å². The van der Waals surface area contributed by atoms with Crippen LogP contribution in [0.1, 0.15) is 30.9 Å². The number of aryl methyl sites for hydroxylation is 1. The molecule has 0 saturated carbocycles. The molecule has 0 spiro atoms. The molecule has 0 amide bonds. The van der Waals surface area contributed by atoms with E-state index in [4.69, 9.17) is 0 Å². The minimum Gasteiger partial charge on any atom is -0.393 e. The van der Waals surface area contributed by atoms with Gasteiger partial charge in [0.2, 0.25) is 0 Å². The summed E-state index contributed by atoms with van der Waals surface area (Å²) in [6.45, 7) is 5.80. The van der Waals surface area contributed by atoms with E-state index in [-0.39, 0.29) is 12.0 Å². The van der Waals surface area contributed by atoms with E-state index in [1.165, 1.54) is 0 Å². The lowest BCUT2D eigenvalue weighted by Gasteiger charge is -2.14. The second kappa shape index (κ2) is 3.68. The van der Waals surface area contributed by atoms with Crippen LogP contribution in [-0.2, 0) is 0 Å². The Hall–Kier alpha value is -0.890. The molecule has 1 N–H and O–H groups in total. The normalized spacial score (nSPS) is 15.7. The van der Waals surface area contributed by atoms with Gasteiger partial charge in [0, 0.05) is 18.3 Å². The first-order chi connectivity index (χ1) is 5.61. The predicted octanol–water partition coefficient (Wildman–Crippen LogP) is 1.87. The standard InChI is InChI=1S/C10H15NO/c1-7-4-10(6-11-5-7)8(2)9(3)12/h4-6,8-9,12H,1-3H3. The third kappa shape index (κ3) is 2.05. The van der Waals surface area contributed by atoms with E-state index in [0.717, 1.165) is 11.1 Å². The lowest BCUT2D eigenvalue weighted by Crippen LogP contribution is -2.11. The zero-order valence-electron chi connectivity index (χ0n) is 7.78.